The van der Waals surface area contributed by atoms with E-state index in [4.69, 9.17) is 0 Å². The number of nitrogens with one attached hydrogen (secondary N) is 1. The Bertz CT molecular complexity index is 968. The summed E-state index contributed by atoms with van der Waals surface area (Å²) in [6, 6.07) is 2.02. The third-order valence-electron chi connectivity index (χ3n) is 4.93. The van der Waals surface area contributed by atoms with Crippen LogP contribution in [0.5, 0.6) is 0 Å². The van der Waals surface area contributed by atoms with Gasteiger partial charge in [0.15, 0.2) is 0 Å². The van der Waals surface area contributed by atoms with Gasteiger partial charge in [-0.1, -0.05) is 0 Å². The van der Waals surface area contributed by atoms with Gasteiger partial charge in [0.2, 0.25) is 5.91 Å². The molecule has 0 aliphatic carbocycles. The molecule has 0 aromatic carbocycles. The smallest absolute Gasteiger partial charge is 0.254 e. The molecule has 0 unspecified atom stereocenters. The van der Waals surface area contributed by atoms with Gasteiger partial charge in [0.1, 0.15) is 12.1 Å². The van der Waals surface area contributed by atoms with E-state index in [0.29, 0.717) is 12.3 Å². The lowest BCUT2D eigenvalue weighted by molar-refractivity contribution is -0.117. The minimum Gasteiger partial charge on any atom is -0.354 e. The highest BCUT2D eigenvalue weighted by Crippen LogP contribution is 2.18. The van der Waals surface area contributed by atoms with E-state index < -0.39 is 0 Å². The number of fused-ring (bicyclic) bond motifs is 1. The number of anilines is 2. The van der Waals surface area contributed by atoms with Crippen molar-refractivity contribution in [2.24, 2.45) is 7.05 Å². The van der Waals surface area contributed by atoms with Crippen molar-refractivity contribution in [3.05, 3.63) is 30.0 Å². The summed E-state index contributed by atoms with van der Waals surface area (Å²) in [4.78, 5) is 25.3. The molecule has 3 aromatic rings. The number of aryl methyl sites for hydroxylation is 2. The fourth-order valence-electron chi connectivity index (χ4n) is 3.29. The molecule has 1 saturated heterocycles. The number of amides is 1. The molecule has 142 valence electrons. The zero-order chi connectivity index (χ0) is 19.0. The molecule has 0 saturated carbocycles. The van der Waals surface area contributed by atoms with Crippen molar-refractivity contribution in [2.45, 2.75) is 13.8 Å². The molecule has 3 aromatic heterocycles. The van der Waals surface area contributed by atoms with Crippen molar-refractivity contribution in [3.63, 3.8) is 0 Å². The summed E-state index contributed by atoms with van der Waals surface area (Å²) in [6.45, 7) is 7.50. The van der Waals surface area contributed by atoms with E-state index in [0.717, 1.165) is 49.1 Å². The highest BCUT2D eigenvalue weighted by molar-refractivity contribution is 5.92. The van der Waals surface area contributed by atoms with Gasteiger partial charge in [0.25, 0.3) is 5.78 Å². The number of aromatic nitrogens is 6. The van der Waals surface area contributed by atoms with E-state index in [1.54, 1.807) is 15.4 Å². The Morgan fingerprint density at radius 3 is 2.67 bits per heavy atom. The van der Waals surface area contributed by atoms with Crippen LogP contribution in [0.2, 0.25) is 0 Å². The molecule has 0 atom stereocenters. The van der Waals surface area contributed by atoms with Crippen LogP contribution in [0.25, 0.3) is 5.78 Å². The summed E-state index contributed by atoms with van der Waals surface area (Å²) in [5.74, 6) is 1.58. The summed E-state index contributed by atoms with van der Waals surface area (Å²) in [5.41, 5.74) is 2.62. The minimum absolute atomic E-state index is 0.0158. The Labute approximate surface area is 156 Å². The van der Waals surface area contributed by atoms with E-state index in [1.807, 2.05) is 27.0 Å². The van der Waals surface area contributed by atoms with Gasteiger partial charge in [-0.25, -0.2) is 4.98 Å². The highest BCUT2D eigenvalue weighted by atomic mass is 16.2. The largest absolute Gasteiger partial charge is 0.354 e. The lowest BCUT2D eigenvalue weighted by Gasteiger charge is -2.35. The number of carbonyl (C=O) groups excluding carboxylic acids is 1. The maximum absolute atomic E-state index is 12.3. The second-order valence-electron chi connectivity index (χ2n) is 6.81. The van der Waals surface area contributed by atoms with Crippen molar-refractivity contribution in [3.8, 4) is 0 Å². The molecule has 0 spiro atoms. The third kappa shape index (κ3) is 3.47. The van der Waals surface area contributed by atoms with Gasteiger partial charge >= 0.3 is 0 Å². The molecule has 0 radical (unpaired) electrons. The maximum atomic E-state index is 12.3. The number of hydrogen-bond acceptors (Lipinski definition) is 7. The van der Waals surface area contributed by atoms with Crippen molar-refractivity contribution in [1.29, 1.82) is 0 Å². The van der Waals surface area contributed by atoms with E-state index in [2.05, 4.69) is 35.3 Å². The minimum atomic E-state index is -0.0158. The first kappa shape index (κ1) is 17.4. The van der Waals surface area contributed by atoms with Crippen LogP contribution >= 0.6 is 0 Å². The summed E-state index contributed by atoms with van der Waals surface area (Å²) in [7, 11) is 1.86. The zero-order valence-electron chi connectivity index (χ0n) is 15.8. The first-order valence-corrected chi connectivity index (χ1v) is 8.94. The van der Waals surface area contributed by atoms with Gasteiger partial charge in [-0.3, -0.25) is 14.4 Å². The highest BCUT2D eigenvalue weighted by Gasteiger charge is 2.22. The second kappa shape index (κ2) is 6.95. The van der Waals surface area contributed by atoms with Crippen LogP contribution in [0.15, 0.2) is 18.6 Å². The van der Waals surface area contributed by atoms with Crippen molar-refractivity contribution < 1.29 is 4.79 Å². The number of piperazine rings is 1. The SMILES string of the molecule is Cc1cc(N2CCN(CC(=O)Nc3cnn(C)c3C)CC2)n2ncnc2n1. The standard InChI is InChI=1S/C17H23N9O/c1-12-8-16(26-17(21-12)18-11-20-26)25-6-4-24(5-7-25)10-15(27)22-14-9-19-23(3)13(14)2/h8-9,11H,4-7,10H2,1-3H3,(H,22,27). The third-order valence-corrected chi connectivity index (χ3v) is 4.93. The Morgan fingerprint density at radius 2 is 1.96 bits per heavy atom. The zero-order valence-corrected chi connectivity index (χ0v) is 15.8. The molecule has 10 heteroatoms. The van der Waals surface area contributed by atoms with E-state index in [-0.39, 0.29) is 5.91 Å². The predicted molar refractivity (Wildman–Crippen MR) is 101 cm³/mol. The van der Waals surface area contributed by atoms with Crippen LogP contribution in [-0.4, -0.2) is 72.9 Å². The molecule has 4 rings (SSSR count). The van der Waals surface area contributed by atoms with Gasteiger partial charge in [-0.05, 0) is 13.8 Å². The molecule has 1 fully saturated rings. The first-order valence-electron chi connectivity index (χ1n) is 8.94. The molecule has 27 heavy (non-hydrogen) atoms. The summed E-state index contributed by atoms with van der Waals surface area (Å²) < 4.78 is 3.51. The Hall–Kier alpha value is -3.01. The predicted octanol–water partition coefficient (Wildman–Crippen LogP) is 0.235. The van der Waals surface area contributed by atoms with Crippen LogP contribution < -0.4 is 10.2 Å². The Kier molecular flexibility index (Phi) is 4.48. The fourth-order valence-corrected chi connectivity index (χ4v) is 3.29. The second-order valence-corrected chi connectivity index (χ2v) is 6.81. The van der Waals surface area contributed by atoms with Gasteiger partial charge in [-0.2, -0.15) is 19.7 Å². The van der Waals surface area contributed by atoms with Crippen LogP contribution in [0.3, 0.4) is 0 Å². The molecule has 1 aliphatic rings. The molecular weight excluding hydrogens is 346 g/mol. The van der Waals surface area contributed by atoms with E-state index in [9.17, 15) is 4.79 Å². The van der Waals surface area contributed by atoms with Gasteiger partial charge in [0, 0.05) is 45.0 Å². The van der Waals surface area contributed by atoms with E-state index in [1.165, 1.54) is 6.33 Å². The topological polar surface area (TPSA) is 96.5 Å². The Morgan fingerprint density at radius 1 is 1.19 bits per heavy atom. The quantitative estimate of drug-likeness (QED) is 0.703. The van der Waals surface area contributed by atoms with Crippen LogP contribution in [0.4, 0.5) is 11.5 Å². The monoisotopic (exact) mass is 369 g/mol. The number of rotatable bonds is 4. The summed E-state index contributed by atoms with van der Waals surface area (Å²) in [6.07, 6.45) is 3.20. The first-order chi connectivity index (χ1) is 13.0. The van der Waals surface area contributed by atoms with E-state index >= 15 is 0 Å². The van der Waals surface area contributed by atoms with Crippen molar-refractivity contribution in [2.75, 3.05) is 42.9 Å². The molecule has 1 aliphatic heterocycles. The van der Waals surface area contributed by atoms with Gasteiger partial charge < -0.3 is 10.2 Å². The molecule has 1 N–H and O–H groups in total. The number of hydrogen-bond donors (Lipinski definition) is 1. The van der Waals surface area contributed by atoms with Crippen LogP contribution in [0, 0.1) is 13.8 Å². The molecule has 10 nitrogen and oxygen atoms in total. The number of carbonyl (C=O) groups is 1. The Balaban J connectivity index is 1.36. The molecule has 0 bridgehead atoms. The molecular formula is C17H23N9O. The summed E-state index contributed by atoms with van der Waals surface area (Å²) >= 11 is 0. The lowest BCUT2D eigenvalue weighted by Crippen LogP contribution is -2.49. The van der Waals surface area contributed by atoms with Gasteiger partial charge in [-0.15, -0.1) is 0 Å². The van der Waals surface area contributed by atoms with Crippen molar-refractivity contribution >= 4 is 23.2 Å². The lowest BCUT2D eigenvalue weighted by atomic mass is 10.3. The van der Waals surface area contributed by atoms with Crippen molar-refractivity contribution in [1.82, 2.24) is 34.3 Å². The molecule has 4 heterocycles. The van der Waals surface area contributed by atoms with Crippen LogP contribution in [0.1, 0.15) is 11.4 Å². The number of nitrogens with zero attached hydrogens (tertiary/aromatic N) is 8. The summed E-state index contributed by atoms with van der Waals surface area (Å²) in [5, 5.41) is 11.4. The molecule has 1 amide bonds. The average molecular weight is 369 g/mol. The normalized spacial score (nSPS) is 15.4. The fraction of sp³-hybridized carbons (Fsp3) is 0.471. The van der Waals surface area contributed by atoms with Crippen LogP contribution in [-0.2, 0) is 11.8 Å². The van der Waals surface area contributed by atoms with Gasteiger partial charge in [0.05, 0.1) is 24.1 Å². The average Bonchev–Trinajstić information content (AvgIpc) is 3.23. The maximum Gasteiger partial charge on any atom is 0.254 e.